The molecule has 124 valence electrons. The van der Waals surface area contributed by atoms with Gasteiger partial charge in [-0.2, -0.15) is 5.21 Å². The molecule has 24 heavy (non-hydrogen) atoms. The van der Waals surface area contributed by atoms with Gasteiger partial charge in [0.25, 0.3) is 0 Å². The molecule has 1 atom stereocenters. The van der Waals surface area contributed by atoms with E-state index in [1.807, 2.05) is 18.2 Å². The third-order valence-electron chi connectivity index (χ3n) is 4.41. The number of tetrazole rings is 1. The molecule has 3 rings (SSSR count). The van der Waals surface area contributed by atoms with E-state index in [1.165, 1.54) is 5.56 Å². The summed E-state index contributed by atoms with van der Waals surface area (Å²) in [6.45, 7) is 7.57. The van der Waals surface area contributed by atoms with Gasteiger partial charge in [0.2, 0.25) is 5.82 Å². The lowest BCUT2D eigenvalue weighted by Gasteiger charge is -2.17. The lowest BCUT2D eigenvalue weighted by atomic mass is 9.98. The number of benzene rings is 2. The van der Waals surface area contributed by atoms with Gasteiger partial charge in [0, 0.05) is 18.2 Å². The van der Waals surface area contributed by atoms with Crippen LogP contribution in [0.2, 0.25) is 0 Å². The highest BCUT2D eigenvalue weighted by Crippen LogP contribution is 2.29. The molecular weight excluding hydrogens is 298 g/mol. The summed E-state index contributed by atoms with van der Waals surface area (Å²) in [5.74, 6) is 1.24. The molecule has 0 amide bonds. The zero-order valence-electron chi connectivity index (χ0n) is 14.3. The Labute approximate surface area is 142 Å². The van der Waals surface area contributed by atoms with Gasteiger partial charge in [-0.3, -0.25) is 0 Å². The predicted molar refractivity (Wildman–Crippen MR) is 96.2 cm³/mol. The molecule has 0 fully saturated rings. The van der Waals surface area contributed by atoms with Crippen LogP contribution in [0.15, 0.2) is 48.5 Å². The molecule has 1 heterocycles. The Kier molecular flexibility index (Phi) is 5.01. The van der Waals surface area contributed by atoms with Crippen LogP contribution in [-0.2, 0) is 6.54 Å². The first-order chi connectivity index (χ1) is 11.6. The van der Waals surface area contributed by atoms with Crippen molar-refractivity contribution < 1.29 is 0 Å². The Balaban J connectivity index is 1.80. The summed E-state index contributed by atoms with van der Waals surface area (Å²) in [6, 6.07) is 17.2. The highest BCUT2D eigenvalue weighted by atomic mass is 15.5. The molecule has 3 aromatic rings. The predicted octanol–water partition coefficient (Wildman–Crippen LogP) is 3.67. The number of rotatable bonds is 6. The monoisotopic (exact) mass is 321 g/mol. The van der Waals surface area contributed by atoms with Crippen molar-refractivity contribution in [3.63, 3.8) is 0 Å². The number of hydrogen-bond acceptors (Lipinski definition) is 4. The summed E-state index contributed by atoms with van der Waals surface area (Å²) in [6.07, 6.45) is 0. The number of aromatic amines is 1. The molecule has 1 aromatic heterocycles. The van der Waals surface area contributed by atoms with E-state index in [0.717, 1.165) is 23.2 Å². The van der Waals surface area contributed by atoms with Gasteiger partial charge in [0.1, 0.15) is 0 Å². The zero-order chi connectivity index (χ0) is 16.9. The van der Waals surface area contributed by atoms with E-state index in [0.29, 0.717) is 17.8 Å². The highest BCUT2D eigenvalue weighted by molar-refractivity contribution is 5.80. The summed E-state index contributed by atoms with van der Waals surface area (Å²) in [5.41, 5.74) is 4.51. The molecule has 0 bridgehead atoms. The van der Waals surface area contributed by atoms with E-state index >= 15 is 0 Å². The van der Waals surface area contributed by atoms with E-state index in [1.54, 1.807) is 0 Å². The summed E-state index contributed by atoms with van der Waals surface area (Å²) in [7, 11) is 0. The lowest BCUT2D eigenvalue weighted by Crippen LogP contribution is -2.30. The molecule has 2 aromatic carbocycles. The van der Waals surface area contributed by atoms with Crippen LogP contribution in [0.25, 0.3) is 22.5 Å². The van der Waals surface area contributed by atoms with E-state index in [9.17, 15) is 0 Å². The van der Waals surface area contributed by atoms with Crippen molar-refractivity contribution in [2.45, 2.75) is 33.4 Å². The van der Waals surface area contributed by atoms with Crippen LogP contribution in [0.3, 0.4) is 0 Å². The third-order valence-corrected chi connectivity index (χ3v) is 4.41. The minimum atomic E-state index is 0.503. The second-order valence-corrected chi connectivity index (χ2v) is 6.39. The van der Waals surface area contributed by atoms with E-state index in [-0.39, 0.29) is 0 Å². The van der Waals surface area contributed by atoms with Crippen molar-refractivity contribution in [3.8, 4) is 22.5 Å². The molecule has 0 radical (unpaired) electrons. The van der Waals surface area contributed by atoms with Crippen molar-refractivity contribution in [2.24, 2.45) is 5.92 Å². The maximum atomic E-state index is 4.10. The van der Waals surface area contributed by atoms with Crippen LogP contribution < -0.4 is 5.32 Å². The standard InChI is InChI=1S/C19H23N5/c1-13(2)14(3)20-12-15-8-10-16(11-9-15)17-6-4-5-7-18(17)19-21-23-24-22-19/h4-11,13-14,20H,12H2,1-3H3,(H,21,22,23,24)/t14-/m1/s1. The molecule has 0 aliphatic heterocycles. The number of H-pyrrole nitrogens is 1. The molecule has 5 nitrogen and oxygen atoms in total. The van der Waals surface area contributed by atoms with Crippen LogP contribution >= 0.6 is 0 Å². The van der Waals surface area contributed by atoms with Gasteiger partial charge < -0.3 is 5.32 Å². The van der Waals surface area contributed by atoms with Crippen LogP contribution in [-0.4, -0.2) is 26.7 Å². The van der Waals surface area contributed by atoms with E-state index in [4.69, 9.17) is 0 Å². The Bertz CT molecular complexity index is 763. The summed E-state index contributed by atoms with van der Waals surface area (Å²) >= 11 is 0. The van der Waals surface area contributed by atoms with E-state index < -0.39 is 0 Å². The average molecular weight is 321 g/mol. The summed E-state index contributed by atoms with van der Waals surface area (Å²) in [5, 5.41) is 17.9. The second kappa shape index (κ2) is 7.36. The number of nitrogens with zero attached hydrogens (tertiary/aromatic N) is 3. The first-order valence-corrected chi connectivity index (χ1v) is 8.30. The molecule has 0 saturated heterocycles. The Morgan fingerprint density at radius 1 is 0.958 bits per heavy atom. The number of hydrogen-bond donors (Lipinski definition) is 2. The van der Waals surface area contributed by atoms with Gasteiger partial charge in [0.15, 0.2) is 0 Å². The van der Waals surface area contributed by atoms with Gasteiger partial charge in [-0.05, 0) is 34.7 Å². The topological polar surface area (TPSA) is 66.5 Å². The second-order valence-electron chi connectivity index (χ2n) is 6.39. The van der Waals surface area contributed by atoms with Gasteiger partial charge in [-0.15, -0.1) is 10.2 Å². The molecule has 0 saturated carbocycles. The van der Waals surface area contributed by atoms with Crippen LogP contribution in [0.5, 0.6) is 0 Å². The van der Waals surface area contributed by atoms with Crippen molar-refractivity contribution in [1.29, 1.82) is 0 Å². The molecule has 0 unspecified atom stereocenters. The minimum Gasteiger partial charge on any atom is -0.310 e. The smallest absolute Gasteiger partial charge is 0.205 e. The van der Waals surface area contributed by atoms with Crippen LogP contribution in [0.4, 0.5) is 0 Å². The van der Waals surface area contributed by atoms with Gasteiger partial charge in [0.05, 0.1) is 0 Å². The Hall–Kier alpha value is -2.53. The largest absolute Gasteiger partial charge is 0.310 e. The SMILES string of the molecule is CC(C)[C@@H](C)NCc1ccc(-c2ccccc2-c2nn[nH]n2)cc1. The number of nitrogens with one attached hydrogen (secondary N) is 2. The van der Waals surface area contributed by atoms with Crippen LogP contribution in [0, 0.1) is 5.92 Å². The normalized spacial score (nSPS) is 12.5. The molecule has 0 spiro atoms. The maximum Gasteiger partial charge on any atom is 0.205 e. The fourth-order valence-electron chi connectivity index (χ4n) is 2.52. The molecule has 2 N–H and O–H groups in total. The van der Waals surface area contributed by atoms with Crippen molar-refractivity contribution in [2.75, 3.05) is 0 Å². The fraction of sp³-hybridized carbons (Fsp3) is 0.316. The molecule has 5 heteroatoms. The highest BCUT2D eigenvalue weighted by Gasteiger charge is 2.11. The third kappa shape index (κ3) is 3.68. The van der Waals surface area contributed by atoms with Gasteiger partial charge in [-0.1, -0.05) is 62.4 Å². The van der Waals surface area contributed by atoms with Crippen molar-refractivity contribution >= 4 is 0 Å². The van der Waals surface area contributed by atoms with Crippen molar-refractivity contribution in [1.82, 2.24) is 25.9 Å². The van der Waals surface area contributed by atoms with Gasteiger partial charge in [-0.25, -0.2) is 0 Å². The maximum absolute atomic E-state index is 4.10. The minimum absolute atomic E-state index is 0.503. The Morgan fingerprint density at radius 2 is 1.67 bits per heavy atom. The molecule has 0 aliphatic carbocycles. The molecule has 0 aliphatic rings. The average Bonchev–Trinajstić information content (AvgIpc) is 3.14. The quantitative estimate of drug-likeness (QED) is 0.727. The van der Waals surface area contributed by atoms with Crippen molar-refractivity contribution in [3.05, 3.63) is 54.1 Å². The number of aromatic nitrogens is 4. The van der Waals surface area contributed by atoms with E-state index in [2.05, 4.69) is 77.0 Å². The Morgan fingerprint density at radius 3 is 2.29 bits per heavy atom. The van der Waals surface area contributed by atoms with Crippen LogP contribution in [0.1, 0.15) is 26.3 Å². The lowest BCUT2D eigenvalue weighted by molar-refractivity contribution is 0.426. The summed E-state index contributed by atoms with van der Waals surface area (Å²) in [4.78, 5) is 0. The fourth-order valence-corrected chi connectivity index (χ4v) is 2.52. The summed E-state index contributed by atoms with van der Waals surface area (Å²) < 4.78 is 0. The molecular formula is C19H23N5. The van der Waals surface area contributed by atoms with Gasteiger partial charge >= 0.3 is 0 Å². The zero-order valence-corrected chi connectivity index (χ0v) is 14.3. The first kappa shape index (κ1) is 16.3. The first-order valence-electron chi connectivity index (χ1n) is 8.30.